The fourth-order valence-electron chi connectivity index (χ4n) is 4.39. The van der Waals surface area contributed by atoms with Crippen LogP contribution in [0.4, 0.5) is 0 Å². The molecule has 7 heteroatoms. The number of hydrogen-bond donors (Lipinski definition) is 1. The van der Waals surface area contributed by atoms with Crippen LogP contribution in [-0.4, -0.2) is 43.6 Å². The Morgan fingerprint density at radius 1 is 1.03 bits per heavy atom. The van der Waals surface area contributed by atoms with E-state index in [1.54, 1.807) is 6.07 Å². The third kappa shape index (κ3) is 3.40. The van der Waals surface area contributed by atoms with E-state index < -0.39 is 0 Å². The van der Waals surface area contributed by atoms with E-state index in [-0.39, 0.29) is 17.5 Å². The second-order valence-corrected chi connectivity index (χ2v) is 8.44. The highest BCUT2D eigenvalue weighted by molar-refractivity contribution is 6.04. The van der Waals surface area contributed by atoms with Crippen molar-refractivity contribution in [3.63, 3.8) is 0 Å². The summed E-state index contributed by atoms with van der Waals surface area (Å²) in [6.45, 7) is 5.07. The van der Waals surface area contributed by atoms with Gasteiger partial charge in [0.05, 0.1) is 22.5 Å². The number of fused-ring (bicyclic) bond motifs is 2. The maximum Gasteiger partial charge on any atom is 0.274 e. The molecule has 0 bridgehead atoms. The first-order chi connectivity index (χ1) is 15.0. The van der Waals surface area contributed by atoms with Gasteiger partial charge in [-0.3, -0.25) is 9.59 Å². The summed E-state index contributed by atoms with van der Waals surface area (Å²) in [6, 6.07) is 15.1. The number of para-hydroxylation sites is 2. The van der Waals surface area contributed by atoms with Gasteiger partial charge in [-0.2, -0.15) is 5.10 Å². The molecule has 2 aromatic heterocycles. The Morgan fingerprint density at radius 2 is 1.71 bits per heavy atom. The molecule has 158 valence electrons. The lowest BCUT2D eigenvalue weighted by Gasteiger charge is -2.31. The Kier molecular flexibility index (Phi) is 4.81. The molecule has 4 aromatic rings. The molecule has 1 saturated heterocycles. The molecule has 1 aliphatic heterocycles. The Balaban J connectivity index is 1.41. The first-order valence-corrected chi connectivity index (χ1v) is 10.8. The molecule has 5 rings (SSSR count). The molecule has 1 amide bonds. The van der Waals surface area contributed by atoms with Gasteiger partial charge in [0.25, 0.3) is 11.5 Å². The molecule has 1 aliphatic rings. The zero-order chi connectivity index (χ0) is 21.5. The number of amides is 1. The smallest absolute Gasteiger partial charge is 0.274 e. The number of likely N-dealkylation sites (tertiary alicyclic amines) is 1. The van der Waals surface area contributed by atoms with E-state index in [4.69, 9.17) is 4.98 Å². The SMILES string of the molecule is CC(C)n1nc(C(=O)N2CCC(c3nc4ccccc4[nH]3)CC2)c2ccccc2c1=O. The quantitative estimate of drug-likeness (QED) is 0.550. The fourth-order valence-corrected chi connectivity index (χ4v) is 4.39. The molecule has 0 saturated carbocycles. The first-order valence-electron chi connectivity index (χ1n) is 10.8. The molecule has 0 atom stereocenters. The molecule has 0 spiro atoms. The molecule has 2 aromatic carbocycles. The predicted molar refractivity (Wildman–Crippen MR) is 120 cm³/mol. The van der Waals surface area contributed by atoms with Gasteiger partial charge in [0.1, 0.15) is 5.82 Å². The van der Waals surface area contributed by atoms with Gasteiger partial charge in [0.2, 0.25) is 0 Å². The highest BCUT2D eigenvalue weighted by Gasteiger charge is 2.28. The molecule has 0 unspecified atom stereocenters. The Labute approximate surface area is 179 Å². The summed E-state index contributed by atoms with van der Waals surface area (Å²) in [5.41, 5.74) is 2.21. The number of H-pyrrole nitrogens is 1. The average Bonchev–Trinajstić information content (AvgIpc) is 3.23. The van der Waals surface area contributed by atoms with Crippen molar-refractivity contribution in [3.05, 3.63) is 70.4 Å². The minimum Gasteiger partial charge on any atom is -0.342 e. The predicted octanol–water partition coefficient (Wildman–Crippen LogP) is 3.87. The summed E-state index contributed by atoms with van der Waals surface area (Å²) in [5.74, 6) is 1.17. The third-order valence-corrected chi connectivity index (χ3v) is 6.10. The minimum atomic E-state index is -0.161. The van der Waals surface area contributed by atoms with Crippen LogP contribution in [0.2, 0.25) is 0 Å². The maximum absolute atomic E-state index is 13.4. The van der Waals surface area contributed by atoms with Crippen molar-refractivity contribution in [2.45, 2.75) is 38.6 Å². The number of aromatic amines is 1. The van der Waals surface area contributed by atoms with Crippen LogP contribution in [0.3, 0.4) is 0 Å². The topological polar surface area (TPSA) is 83.9 Å². The van der Waals surface area contributed by atoms with E-state index in [1.165, 1.54) is 4.68 Å². The number of piperidine rings is 1. The van der Waals surface area contributed by atoms with E-state index in [2.05, 4.69) is 10.1 Å². The highest BCUT2D eigenvalue weighted by Crippen LogP contribution is 2.29. The van der Waals surface area contributed by atoms with E-state index in [9.17, 15) is 9.59 Å². The summed E-state index contributed by atoms with van der Waals surface area (Å²) >= 11 is 0. The van der Waals surface area contributed by atoms with E-state index in [0.29, 0.717) is 35.5 Å². The zero-order valence-corrected chi connectivity index (χ0v) is 17.7. The molecule has 3 heterocycles. The van der Waals surface area contributed by atoms with Gasteiger partial charge in [-0.1, -0.05) is 30.3 Å². The normalized spacial score (nSPS) is 15.3. The Morgan fingerprint density at radius 3 is 2.42 bits per heavy atom. The van der Waals surface area contributed by atoms with Gasteiger partial charge in [-0.15, -0.1) is 0 Å². The van der Waals surface area contributed by atoms with Gasteiger partial charge in [-0.25, -0.2) is 9.67 Å². The zero-order valence-electron chi connectivity index (χ0n) is 17.7. The van der Waals surface area contributed by atoms with Gasteiger partial charge in [-0.05, 0) is 44.9 Å². The maximum atomic E-state index is 13.4. The van der Waals surface area contributed by atoms with Gasteiger partial charge < -0.3 is 9.88 Å². The number of carbonyl (C=O) groups excluding carboxylic acids is 1. The lowest BCUT2D eigenvalue weighted by molar-refractivity contribution is 0.0704. The molecular weight excluding hydrogens is 390 g/mol. The summed E-state index contributed by atoms with van der Waals surface area (Å²) < 4.78 is 1.41. The van der Waals surface area contributed by atoms with Crippen LogP contribution < -0.4 is 5.56 Å². The van der Waals surface area contributed by atoms with Gasteiger partial charge >= 0.3 is 0 Å². The molecular formula is C24H25N5O2. The van der Waals surface area contributed by atoms with Crippen LogP contribution >= 0.6 is 0 Å². The van der Waals surface area contributed by atoms with Crippen LogP contribution in [0.25, 0.3) is 21.8 Å². The number of benzene rings is 2. The standard InChI is InChI=1S/C24H25N5O2/c1-15(2)29-23(30)18-8-4-3-7-17(18)21(27-29)24(31)28-13-11-16(12-14-28)22-25-19-9-5-6-10-20(19)26-22/h3-10,15-16H,11-14H2,1-2H3,(H,25,26). The lowest BCUT2D eigenvalue weighted by atomic mass is 9.95. The van der Waals surface area contributed by atoms with Crippen molar-refractivity contribution in [1.29, 1.82) is 0 Å². The summed E-state index contributed by atoms with van der Waals surface area (Å²) in [7, 11) is 0. The van der Waals surface area contributed by atoms with E-state index >= 15 is 0 Å². The Hall–Kier alpha value is -3.48. The third-order valence-electron chi connectivity index (χ3n) is 6.10. The number of hydrogen-bond acceptors (Lipinski definition) is 4. The minimum absolute atomic E-state index is 0.117. The number of nitrogens with zero attached hydrogens (tertiary/aromatic N) is 4. The lowest BCUT2D eigenvalue weighted by Crippen LogP contribution is -2.40. The van der Waals surface area contributed by atoms with Gasteiger partial charge in [0.15, 0.2) is 5.69 Å². The van der Waals surface area contributed by atoms with Crippen LogP contribution in [0.5, 0.6) is 0 Å². The van der Waals surface area contributed by atoms with Crippen molar-refractivity contribution < 1.29 is 4.79 Å². The Bertz CT molecular complexity index is 1300. The van der Waals surface area contributed by atoms with Gasteiger partial charge in [0, 0.05) is 24.4 Å². The van der Waals surface area contributed by atoms with Crippen molar-refractivity contribution in [3.8, 4) is 0 Å². The monoisotopic (exact) mass is 415 g/mol. The first kappa shape index (κ1) is 19.5. The van der Waals surface area contributed by atoms with Crippen molar-refractivity contribution in [1.82, 2.24) is 24.6 Å². The van der Waals surface area contributed by atoms with Crippen LogP contribution in [0, 0.1) is 0 Å². The number of aromatic nitrogens is 4. The molecule has 1 N–H and O–H groups in total. The molecule has 0 aliphatic carbocycles. The van der Waals surface area contributed by atoms with Crippen LogP contribution in [0.1, 0.15) is 55.0 Å². The van der Waals surface area contributed by atoms with Crippen LogP contribution in [-0.2, 0) is 0 Å². The fraction of sp³-hybridized carbons (Fsp3) is 0.333. The second-order valence-electron chi connectivity index (χ2n) is 8.44. The number of nitrogens with one attached hydrogen (secondary N) is 1. The second kappa shape index (κ2) is 7.65. The van der Waals surface area contributed by atoms with E-state index in [0.717, 1.165) is 29.7 Å². The van der Waals surface area contributed by atoms with E-state index in [1.807, 2.05) is 61.2 Å². The summed E-state index contributed by atoms with van der Waals surface area (Å²) in [6.07, 6.45) is 1.68. The number of imidazole rings is 1. The molecule has 7 nitrogen and oxygen atoms in total. The molecule has 1 fully saturated rings. The van der Waals surface area contributed by atoms with Crippen molar-refractivity contribution in [2.24, 2.45) is 0 Å². The summed E-state index contributed by atoms with van der Waals surface area (Å²) in [5, 5.41) is 5.63. The molecule has 0 radical (unpaired) electrons. The van der Waals surface area contributed by atoms with Crippen LogP contribution in [0.15, 0.2) is 53.3 Å². The summed E-state index contributed by atoms with van der Waals surface area (Å²) in [4.78, 5) is 36.2. The van der Waals surface area contributed by atoms with Crippen molar-refractivity contribution >= 4 is 27.7 Å². The average molecular weight is 415 g/mol. The highest BCUT2D eigenvalue weighted by atomic mass is 16.2. The molecule has 31 heavy (non-hydrogen) atoms. The number of carbonyl (C=O) groups is 1. The number of rotatable bonds is 3. The largest absolute Gasteiger partial charge is 0.342 e. The van der Waals surface area contributed by atoms with Crippen molar-refractivity contribution in [2.75, 3.05) is 13.1 Å².